The molecule has 2 aliphatic rings. The molecular formula is C22H25ClO4. The van der Waals surface area contributed by atoms with Gasteiger partial charge in [0, 0.05) is 12.5 Å². The van der Waals surface area contributed by atoms with Crippen LogP contribution in [-0.4, -0.2) is 25.8 Å². The molecule has 0 N–H and O–H groups in total. The Hall–Kier alpha value is -2.04. The van der Waals surface area contributed by atoms with Gasteiger partial charge in [0.15, 0.2) is 0 Å². The Balaban J connectivity index is 1.81. The first-order chi connectivity index (χ1) is 13.1. The number of rotatable bonds is 0. The van der Waals surface area contributed by atoms with E-state index in [1.165, 1.54) is 0 Å². The monoisotopic (exact) mass is 388 g/mol. The number of carbonyl (C=O) groups is 1. The number of benzene rings is 2. The van der Waals surface area contributed by atoms with Crippen molar-refractivity contribution in [2.75, 3.05) is 19.8 Å². The van der Waals surface area contributed by atoms with Crippen LogP contribution in [0.15, 0.2) is 42.5 Å². The molecule has 0 aromatic heterocycles. The largest absolute Gasteiger partial charge is 0.494 e. The minimum Gasteiger partial charge on any atom is -0.494 e. The van der Waals surface area contributed by atoms with Crippen molar-refractivity contribution in [3.8, 4) is 11.5 Å². The zero-order valence-electron chi connectivity index (χ0n) is 15.6. The highest BCUT2D eigenvalue weighted by molar-refractivity contribution is 6.33. The van der Waals surface area contributed by atoms with Crippen molar-refractivity contribution in [2.45, 2.75) is 38.5 Å². The first-order valence-electron chi connectivity index (χ1n) is 9.46. The maximum Gasteiger partial charge on any atom is 0.343 e. The minimum atomic E-state index is -0.442. The predicted molar refractivity (Wildman–Crippen MR) is 106 cm³/mol. The molecule has 0 aliphatic carbocycles. The molecule has 0 spiro atoms. The van der Waals surface area contributed by atoms with E-state index in [1.807, 2.05) is 12.1 Å². The van der Waals surface area contributed by atoms with Gasteiger partial charge in [-0.15, -0.1) is 0 Å². The number of halogens is 1. The lowest BCUT2D eigenvalue weighted by Gasteiger charge is -2.16. The van der Waals surface area contributed by atoms with Gasteiger partial charge in [0.1, 0.15) is 11.5 Å². The maximum atomic E-state index is 12.5. The van der Waals surface area contributed by atoms with Crippen molar-refractivity contribution in [2.24, 2.45) is 0 Å². The SMILES string of the molecule is CC1COCCCCCCOc2ccc(cc2)C(=O)Oc2cccc1c2Cl. The zero-order valence-corrected chi connectivity index (χ0v) is 16.3. The molecule has 1 unspecified atom stereocenters. The van der Waals surface area contributed by atoms with Crippen LogP contribution in [0.5, 0.6) is 11.5 Å². The average Bonchev–Trinajstić information content (AvgIpc) is 2.68. The summed E-state index contributed by atoms with van der Waals surface area (Å²) in [6.45, 7) is 4.05. The summed E-state index contributed by atoms with van der Waals surface area (Å²) in [6.07, 6.45) is 4.26. The molecule has 4 nitrogen and oxygen atoms in total. The second kappa shape index (κ2) is 9.77. The number of hydrogen-bond acceptors (Lipinski definition) is 4. The van der Waals surface area contributed by atoms with Gasteiger partial charge in [-0.3, -0.25) is 0 Å². The zero-order chi connectivity index (χ0) is 19.1. The van der Waals surface area contributed by atoms with Gasteiger partial charge in [0.25, 0.3) is 0 Å². The van der Waals surface area contributed by atoms with E-state index in [0.29, 0.717) is 29.5 Å². The lowest BCUT2D eigenvalue weighted by molar-refractivity contribution is 0.0734. The van der Waals surface area contributed by atoms with E-state index in [-0.39, 0.29) is 5.92 Å². The number of ether oxygens (including phenoxy) is 3. The Morgan fingerprint density at radius 1 is 0.963 bits per heavy atom. The third-order valence-electron chi connectivity index (χ3n) is 4.64. The summed E-state index contributed by atoms with van der Waals surface area (Å²) in [5.74, 6) is 0.791. The maximum absolute atomic E-state index is 12.5. The fourth-order valence-electron chi connectivity index (χ4n) is 3.03. The Labute approximate surface area is 165 Å². The summed E-state index contributed by atoms with van der Waals surface area (Å²) >= 11 is 6.50. The Morgan fingerprint density at radius 2 is 1.70 bits per heavy atom. The Kier molecular flexibility index (Phi) is 7.13. The molecule has 1 atom stereocenters. The molecule has 4 rings (SSSR count). The van der Waals surface area contributed by atoms with Crippen LogP contribution in [-0.2, 0) is 4.74 Å². The molecule has 27 heavy (non-hydrogen) atoms. The average molecular weight is 389 g/mol. The lowest BCUT2D eigenvalue weighted by atomic mass is 10.0. The van der Waals surface area contributed by atoms with Crippen LogP contribution in [0, 0.1) is 0 Å². The molecule has 0 radical (unpaired) electrons. The topological polar surface area (TPSA) is 44.8 Å². The molecule has 4 bridgehead atoms. The number of carbonyl (C=O) groups excluding carboxylic acids is 1. The van der Waals surface area contributed by atoms with Gasteiger partial charge >= 0.3 is 5.97 Å². The highest BCUT2D eigenvalue weighted by atomic mass is 35.5. The fourth-order valence-corrected chi connectivity index (χ4v) is 3.38. The second-order valence-corrected chi connectivity index (χ2v) is 7.19. The van der Waals surface area contributed by atoms with Crippen LogP contribution in [0.3, 0.4) is 0 Å². The van der Waals surface area contributed by atoms with Gasteiger partial charge in [-0.1, -0.05) is 37.1 Å². The molecule has 144 valence electrons. The minimum absolute atomic E-state index is 0.117. The number of esters is 1. The highest BCUT2D eigenvalue weighted by Crippen LogP contribution is 2.33. The van der Waals surface area contributed by atoms with Crippen molar-refractivity contribution in [1.82, 2.24) is 0 Å². The summed E-state index contributed by atoms with van der Waals surface area (Å²) < 4.78 is 17.1. The van der Waals surface area contributed by atoms with E-state index < -0.39 is 5.97 Å². The summed E-state index contributed by atoms with van der Waals surface area (Å²) in [5.41, 5.74) is 1.38. The van der Waals surface area contributed by atoms with Gasteiger partial charge in [-0.2, -0.15) is 0 Å². The quantitative estimate of drug-likeness (QED) is 0.433. The van der Waals surface area contributed by atoms with Crippen molar-refractivity contribution >= 4 is 17.6 Å². The summed E-state index contributed by atoms with van der Waals surface area (Å²) in [6, 6.07) is 12.5. The fraction of sp³-hybridized carbons (Fsp3) is 0.409. The Bertz CT molecular complexity index is 757. The number of hydrogen-bond donors (Lipinski definition) is 0. The van der Waals surface area contributed by atoms with Crippen molar-refractivity contribution in [3.05, 3.63) is 58.6 Å². The Morgan fingerprint density at radius 3 is 2.48 bits per heavy atom. The third-order valence-corrected chi connectivity index (χ3v) is 5.04. The molecular weight excluding hydrogens is 364 g/mol. The second-order valence-electron chi connectivity index (χ2n) is 6.81. The van der Waals surface area contributed by atoms with E-state index in [0.717, 1.165) is 43.6 Å². The molecule has 0 amide bonds. The van der Waals surface area contributed by atoms with E-state index in [4.69, 9.17) is 25.8 Å². The van der Waals surface area contributed by atoms with Crippen LogP contribution in [0.4, 0.5) is 0 Å². The van der Waals surface area contributed by atoms with Crippen molar-refractivity contribution < 1.29 is 19.0 Å². The molecule has 5 heteroatoms. The molecule has 2 aliphatic heterocycles. The number of fused-ring (bicyclic) bond motifs is 12. The van der Waals surface area contributed by atoms with E-state index >= 15 is 0 Å². The van der Waals surface area contributed by atoms with Crippen LogP contribution in [0.1, 0.15) is 54.4 Å². The third kappa shape index (κ3) is 5.47. The van der Waals surface area contributed by atoms with Gasteiger partial charge in [-0.05, 0) is 55.2 Å². The van der Waals surface area contributed by atoms with Crippen LogP contribution in [0.25, 0.3) is 0 Å². The van der Waals surface area contributed by atoms with Gasteiger partial charge in [0.05, 0.1) is 23.8 Å². The first-order valence-corrected chi connectivity index (χ1v) is 9.84. The van der Waals surface area contributed by atoms with Crippen molar-refractivity contribution in [1.29, 1.82) is 0 Å². The first kappa shape index (κ1) is 19.7. The molecule has 2 heterocycles. The van der Waals surface area contributed by atoms with Gasteiger partial charge in [0.2, 0.25) is 0 Å². The predicted octanol–water partition coefficient (Wildman–Crippen LogP) is 5.63. The summed E-state index contributed by atoms with van der Waals surface area (Å²) in [4.78, 5) is 12.5. The molecule has 0 saturated carbocycles. The highest BCUT2D eigenvalue weighted by Gasteiger charge is 2.17. The van der Waals surface area contributed by atoms with Gasteiger partial charge in [-0.25, -0.2) is 4.79 Å². The van der Waals surface area contributed by atoms with Gasteiger partial charge < -0.3 is 14.2 Å². The molecule has 0 saturated heterocycles. The lowest BCUT2D eigenvalue weighted by Crippen LogP contribution is -2.10. The summed E-state index contributed by atoms with van der Waals surface area (Å²) in [7, 11) is 0. The molecule has 2 aromatic carbocycles. The van der Waals surface area contributed by atoms with Crippen molar-refractivity contribution in [3.63, 3.8) is 0 Å². The summed E-state index contributed by atoms with van der Waals surface area (Å²) in [5, 5.41) is 0.458. The smallest absolute Gasteiger partial charge is 0.343 e. The van der Waals surface area contributed by atoms with Crippen LogP contribution < -0.4 is 9.47 Å². The molecule has 2 aromatic rings. The van der Waals surface area contributed by atoms with E-state index in [9.17, 15) is 4.79 Å². The molecule has 0 fully saturated rings. The standard InChI is InChI=1S/C22H25ClO4/c1-16-15-25-13-4-2-3-5-14-26-18-11-9-17(10-12-18)22(24)27-20-8-6-7-19(16)21(20)23/h6-12,16H,2-5,13-15H2,1H3. The van der Waals surface area contributed by atoms with E-state index in [1.54, 1.807) is 30.3 Å². The normalized spacial score (nSPS) is 19.3. The van der Waals surface area contributed by atoms with E-state index in [2.05, 4.69) is 6.92 Å². The van der Waals surface area contributed by atoms with Crippen LogP contribution >= 0.6 is 11.6 Å². The van der Waals surface area contributed by atoms with Crippen LogP contribution in [0.2, 0.25) is 5.02 Å².